The minimum absolute atomic E-state index is 0.0517. The first kappa shape index (κ1) is 31.0. The zero-order valence-corrected chi connectivity index (χ0v) is 24.5. The first-order chi connectivity index (χ1) is 20.7. The van der Waals surface area contributed by atoms with Gasteiger partial charge in [0.25, 0.3) is 0 Å². The number of aliphatic hydroxyl groups is 1. The van der Waals surface area contributed by atoms with E-state index in [1.807, 2.05) is 6.07 Å². The molecule has 0 saturated heterocycles. The second-order valence-corrected chi connectivity index (χ2v) is 11.9. The molecule has 0 radical (unpaired) electrons. The van der Waals surface area contributed by atoms with Crippen molar-refractivity contribution in [3.05, 3.63) is 47.0 Å². The number of methoxy groups -OCH3 is 1. The third-order valence-corrected chi connectivity index (χ3v) is 9.15. The molecule has 13 nitrogen and oxygen atoms in total. The van der Waals surface area contributed by atoms with Crippen LogP contribution >= 0.6 is 0 Å². The molecule has 2 amide bonds. The number of nitrogens with two attached hydrogens (primary N) is 2. The summed E-state index contributed by atoms with van der Waals surface area (Å²) in [5.41, 5.74) is 10.2. The first-order valence-electron chi connectivity index (χ1n) is 14.1. The number of nitrogens with one attached hydrogen (secondary N) is 1. The zero-order valence-electron chi connectivity index (χ0n) is 24.5. The van der Waals surface area contributed by atoms with Gasteiger partial charge in [0.15, 0.2) is 34.7 Å². The fourth-order valence-corrected chi connectivity index (χ4v) is 7.28. The molecule has 7 N–H and O–H groups in total. The molecule has 0 bridgehead atoms. The highest BCUT2D eigenvalue weighted by Gasteiger charge is 2.69. The quantitative estimate of drug-likeness (QED) is 0.232. The molecule has 2 fully saturated rings. The van der Waals surface area contributed by atoms with Crippen molar-refractivity contribution in [3.63, 3.8) is 0 Å². The number of ketones is 4. The van der Waals surface area contributed by atoms with Crippen molar-refractivity contribution in [1.29, 1.82) is 0 Å². The van der Waals surface area contributed by atoms with E-state index >= 15 is 0 Å². The van der Waals surface area contributed by atoms with Crippen LogP contribution in [-0.2, 0) is 36.9 Å². The van der Waals surface area contributed by atoms with Crippen LogP contribution in [0.5, 0.6) is 11.5 Å². The number of benzene rings is 2. The number of hydrogen-bond acceptors (Lipinski definition) is 11. The van der Waals surface area contributed by atoms with Crippen molar-refractivity contribution in [2.45, 2.75) is 31.0 Å². The average molecular weight is 607 g/mol. The van der Waals surface area contributed by atoms with Crippen LogP contribution in [0.25, 0.3) is 11.1 Å². The van der Waals surface area contributed by atoms with E-state index in [0.717, 1.165) is 0 Å². The molecule has 2 aromatic rings. The average Bonchev–Trinajstić information content (AvgIpc) is 2.94. The number of aromatic hydroxyl groups is 1. The maximum Gasteiger partial charge on any atom is 0.235 e. The molecule has 0 heterocycles. The molecule has 44 heavy (non-hydrogen) atoms. The zero-order chi connectivity index (χ0) is 32.2. The summed E-state index contributed by atoms with van der Waals surface area (Å²) in [6.07, 6.45) is 0.0702. The highest BCUT2D eigenvalue weighted by atomic mass is 16.5. The minimum Gasteiger partial charge on any atom is -0.507 e. The Labute approximate surface area is 252 Å². The predicted molar refractivity (Wildman–Crippen MR) is 154 cm³/mol. The van der Waals surface area contributed by atoms with Crippen LogP contribution < -0.4 is 21.5 Å². The summed E-state index contributed by atoms with van der Waals surface area (Å²) >= 11 is 0. The van der Waals surface area contributed by atoms with Gasteiger partial charge in [-0.3, -0.25) is 33.7 Å². The van der Waals surface area contributed by atoms with Crippen LogP contribution in [0.3, 0.4) is 0 Å². The third kappa shape index (κ3) is 4.68. The number of nitrogens with zero attached hydrogens (tertiary/aromatic N) is 1. The number of rotatable bonds is 8. The van der Waals surface area contributed by atoms with Crippen molar-refractivity contribution < 1.29 is 43.7 Å². The summed E-state index contributed by atoms with van der Waals surface area (Å²) in [6.45, 7) is 0.194. The Morgan fingerprint density at radius 1 is 1.09 bits per heavy atom. The van der Waals surface area contributed by atoms with Gasteiger partial charge in [0.2, 0.25) is 11.8 Å². The van der Waals surface area contributed by atoms with Crippen molar-refractivity contribution in [1.82, 2.24) is 10.2 Å². The molecule has 0 spiro atoms. The first-order valence-corrected chi connectivity index (χ1v) is 14.1. The summed E-state index contributed by atoms with van der Waals surface area (Å²) < 4.78 is 5.45. The highest BCUT2D eigenvalue weighted by Crippen LogP contribution is 2.51. The van der Waals surface area contributed by atoms with Crippen LogP contribution in [0, 0.1) is 23.7 Å². The van der Waals surface area contributed by atoms with Gasteiger partial charge in [-0.2, -0.15) is 0 Å². The second-order valence-electron chi connectivity index (χ2n) is 11.9. The van der Waals surface area contributed by atoms with E-state index in [1.165, 1.54) is 32.2 Å². The van der Waals surface area contributed by atoms with E-state index in [0.29, 0.717) is 28.0 Å². The van der Waals surface area contributed by atoms with Gasteiger partial charge in [-0.25, -0.2) is 0 Å². The largest absolute Gasteiger partial charge is 0.507 e. The van der Waals surface area contributed by atoms with E-state index in [-0.39, 0.29) is 37.2 Å². The molecule has 5 rings (SSSR count). The van der Waals surface area contributed by atoms with Gasteiger partial charge in [-0.05, 0) is 67.7 Å². The molecule has 232 valence electrons. The Balaban J connectivity index is 1.60. The van der Waals surface area contributed by atoms with E-state index in [9.17, 15) is 39.0 Å². The smallest absolute Gasteiger partial charge is 0.235 e. The number of Topliss-reactive ketones (excluding diaryl/α,β-unsaturated/α-hetero) is 4. The minimum atomic E-state index is -2.78. The molecule has 2 unspecified atom stereocenters. The Morgan fingerprint density at radius 3 is 2.41 bits per heavy atom. The standard InChI is InChI=1S/C31H34N4O9/c1-35(2)25-18-10-14-9-17-16(13-4-7-20(44-3)15(8-13)11-34-12-21(32)37)5-6-19(36)23(17)26(38)22(14)28(40)31(18,43)29(41)24(27(25)39)30(33)42/h4-8,14,18,22,24-25,34,36,43H,9-12H2,1-3H3,(H2,32,37)(H2,33,42)/t14-,18-,22?,24?,25-,31-/m0/s1. The maximum absolute atomic E-state index is 14.0. The number of fused-ring (bicyclic) bond motifs is 3. The predicted octanol–water partition coefficient (Wildman–Crippen LogP) is -0.882. The van der Waals surface area contributed by atoms with Crippen LogP contribution in [0.4, 0.5) is 0 Å². The number of likely N-dealkylation sites (N-methyl/N-ethyl adjacent to an activating group) is 1. The fourth-order valence-electron chi connectivity index (χ4n) is 7.28. The Morgan fingerprint density at radius 2 is 1.80 bits per heavy atom. The van der Waals surface area contributed by atoms with E-state index in [4.69, 9.17) is 16.2 Å². The molecule has 3 aliphatic carbocycles. The number of phenolic OH excluding ortho intramolecular Hbond substituents is 1. The summed E-state index contributed by atoms with van der Waals surface area (Å²) in [5, 5.41) is 25.5. The Hall–Kier alpha value is -4.46. The van der Waals surface area contributed by atoms with Gasteiger partial charge in [0, 0.05) is 18.0 Å². The van der Waals surface area contributed by atoms with Gasteiger partial charge in [-0.1, -0.05) is 12.1 Å². The monoisotopic (exact) mass is 606 g/mol. The molecule has 2 aromatic carbocycles. The van der Waals surface area contributed by atoms with Crippen LogP contribution in [0.2, 0.25) is 0 Å². The number of hydrogen-bond donors (Lipinski definition) is 5. The summed E-state index contributed by atoms with van der Waals surface area (Å²) in [6, 6.07) is 7.11. The normalized spacial score (nSPS) is 27.9. The number of amides is 2. The van der Waals surface area contributed by atoms with Crippen molar-refractivity contribution in [3.8, 4) is 22.6 Å². The molecular formula is C31H34N4O9. The van der Waals surface area contributed by atoms with Crippen LogP contribution in [0.1, 0.15) is 27.9 Å². The molecule has 13 heteroatoms. The molecule has 0 aliphatic heterocycles. The third-order valence-electron chi connectivity index (χ3n) is 9.15. The Bertz CT molecular complexity index is 1620. The summed E-state index contributed by atoms with van der Waals surface area (Å²) in [7, 11) is 4.57. The number of carbonyl (C=O) groups excluding carboxylic acids is 6. The van der Waals surface area contributed by atoms with Gasteiger partial charge in [0.05, 0.1) is 31.2 Å². The van der Waals surface area contributed by atoms with E-state index in [1.54, 1.807) is 18.2 Å². The van der Waals surface area contributed by atoms with Gasteiger partial charge >= 0.3 is 0 Å². The highest BCUT2D eigenvalue weighted by molar-refractivity contribution is 6.32. The lowest BCUT2D eigenvalue weighted by atomic mass is 9.52. The summed E-state index contributed by atoms with van der Waals surface area (Å²) in [4.78, 5) is 79.6. The number of carbonyl (C=O) groups is 6. The lowest BCUT2D eigenvalue weighted by Gasteiger charge is -2.52. The van der Waals surface area contributed by atoms with Gasteiger partial charge in [-0.15, -0.1) is 0 Å². The SMILES string of the molecule is COc1ccc(-c2ccc(O)c3c2C[C@H]2C[C@H]4[C@H](N(C)C)C(=O)C(C(N)=O)C(=O)[C@@]4(O)C(=O)C2C3=O)cc1CNCC(N)=O. The van der Waals surface area contributed by atoms with Gasteiger partial charge in [0.1, 0.15) is 11.5 Å². The van der Waals surface area contributed by atoms with Crippen LogP contribution in [0.15, 0.2) is 30.3 Å². The van der Waals surface area contributed by atoms with Gasteiger partial charge < -0.3 is 31.7 Å². The Kier molecular flexibility index (Phi) is 7.91. The van der Waals surface area contributed by atoms with E-state index in [2.05, 4.69) is 5.32 Å². The van der Waals surface area contributed by atoms with Crippen molar-refractivity contribution in [2.75, 3.05) is 27.7 Å². The second kappa shape index (κ2) is 11.2. The summed E-state index contributed by atoms with van der Waals surface area (Å²) in [5.74, 6) is -11.0. The van der Waals surface area contributed by atoms with Crippen molar-refractivity contribution >= 4 is 34.9 Å². The fraction of sp³-hybridized carbons (Fsp3) is 0.419. The number of ether oxygens (including phenoxy) is 1. The van der Waals surface area contributed by atoms with Crippen LogP contribution in [-0.4, -0.2) is 89.5 Å². The van der Waals surface area contributed by atoms with E-state index < -0.39 is 70.3 Å². The number of primary amides is 2. The van der Waals surface area contributed by atoms with Crippen molar-refractivity contribution in [2.24, 2.45) is 35.1 Å². The number of phenols is 1. The molecule has 6 atom stereocenters. The molecular weight excluding hydrogens is 572 g/mol. The molecule has 3 aliphatic rings. The lowest BCUT2D eigenvalue weighted by Crippen LogP contribution is -2.74. The topological polar surface area (TPSA) is 219 Å². The lowest BCUT2D eigenvalue weighted by molar-refractivity contribution is -0.181. The molecule has 0 aromatic heterocycles. The molecule has 2 saturated carbocycles. The maximum atomic E-state index is 14.0.